The predicted molar refractivity (Wildman–Crippen MR) is 160 cm³/mol. The monoisotopic (exact) mass is 520 g/mol. The summed E-state index contributed by atoms with van der Waals surface area (Å²) in [6.45, 7) is 15.3. The van der Waals surface area contributed by atoms with Gasteiger partial charge in [-0.1, -0.05) is 72.9 Å². The minimum absolute atomic E-state index is 0.0763. The van der Waals surface area contributed by atoms with Crippen molar-refractivity contribution in [2.45, 2.75) is 124 Å². The van der Waals surface area contributed by atoms with Crippen molar-refractivity contribution in [1.29, 1.82) is 0 Å². The first kappa shape index (κ1) is 28.0. The molecular weight excluding hydrogens is 464 g/mol. The highest BCUT2D eigenvalue weighted by Gasteiger charge is 2.60. The minimum atomic E-state index is -0.0763. The van der Waals surface area contributed by atoms with Gasteiger partial charge in [0.2, 0.25) is 0 Å². The molecule has 5 unspecified atom stereocenters. The van der Waals surface area contributed by atoms with Gasteiger partial charge in [-0.3, -0.25) is 0 Å². The second-order valence-corrected chi connectivity index (χ2v) is 15.3. The fourth-order valence-corrected chi connectivity index (χ4v) is 10.4. The van der Waals surface area contributed by atoms with E-state index in [4.69, 9.17) is 0 Å². The van der Waals surface area contributed by atoms with Crippen molar-refractivity contribution >= 4 is 11.7 Å². The number of fused-ring (bicyclic) bond motifs is 5. The summed E-state index contributed by atoms with van der Waals surface area (Å²) in [6, 6.07) is 8.19. The first-order valence-electron chi connectivity index (χ1n) is 16.2. The summed E-state index contributed by atoms with van der Waals surface area (Å²) in [5.41, 5.74) is 3.41. The third kappa shape index (κ3) is 5.17. The molecule has 3 nitrogen and oxygen atoms in total. The maximum atomic E-state index is 12.5. The molecule has 1 aromatic rings. The molecule has 0 aromatic heterocycles. The summed E-state index contributed by atoms with van der Waals surface area (Å²) in [4.78, 5) is 12.5. The molecule has 5 rings (SSSR count). The third-order valence-corrected chi connectivity index (χ3v) is 12.5. The number of hydrogen-bond donors (Lipinski definition) is 2. The molecule has 8 atom stereocenters. The van der Waals surface area contributed by atoms with Gasteiger partial charge in [0.25, 0.3) is 0 Å². The van der Waals surface area contributed by atoms with E-state index in [0.29, 0.717) is 10.8 Å². The van der Waals surface area contributed by atoms with Gasteiger partial charge in [-0.25, -0.2) is 4.79 Å². The molecule has 0 aliphatic heterocycles. The summed E-state index contributed by atoms with van der Waals surface area (Å²) in [5, 5.41) is 6.15. The largest absolute Gasteiger partial charge is 0.338 e. The predicted octanol–water partition coefficient (Wildman–Crippen LogP) is 9.57. The highest BCUT2D eigenvalue weighted by molar-refractivity contribution is 5.89. The summed E-state index contributed by atoms with van der Waals surface area (Å²) in [6.07, 6.45) is 17.0. The normalized spacial score (nSPS) is 38.6. The number of nitrogens with one attached hydrogen (secondary N) is 2. The van der Waals surface area contributed by atoms with Crippen molar-refractivity contribution in [3.63, 3.8) is 0 Å². The summed E-state index contributed by atoms with van der Waals surface area (Å²) >= 11 is 0. The lowest BCUT2D eigenvalue weighted by atomic mass is 9.42. The van der Waals surface area contributed by atoms with E-state index < -0.39 is 0 Å². The molecule has 1 aromatic carbocycles. The van der Waals surface area contributed by atoms with Crippen molar-refractivity contribution in [3.05, 3.63) is 29.8 Å². The van der Waals surface area contributed by atoms with Gasteiger partial charge < -0.3 is 10.6 Å². The van der Waals surface area contributed by atoms with Gasteiger partial charge in [0.15, 0.2) is 0 Å². The highest BCUT2D eigenvalue weighted by atomic mass is 16.2. The van der Waals surface area contributed by atoms with E-state index in [1.165, 1.54) is 76.2 Å². The van der Waals surface area contributed by atoms with Crippen LogP contribution in [0.25, 0.3) is 0 Å². The molecule has 4 aliphatic rings. The molecule has 2 amide bonds. The molecule has 4 fully saturated rings. The van der Waals surface area contributed by atoms with E-state index >= 15 is 0 Å². The zero-order chi connectivity index (χ0) is 27.1. The Morgan fingerprint density at radius 3 is 2.37 bits per heavy atom. The molecular formula is C35H56N2O. The highest BCUT2D eigenvalue weighted by Crippen LogP contribution is 2.69. The lowest BCUT2D eigenvalue weighted by Gasteiger charge is -2.62. The van der Waals surface area contributed by atoms with Gasteiger partial charge in [-0.05, 0) is 127 Å². The number of carbonyl (C=O) groups is 1. The van der Waals surface area contributed by atoms with E-state index in [2.05, 4.69) is 64.3 Å². The second kappa shape index (κ2) is 10.8. The zero-order valence-corrected chi connectivity index (χ0v) is 25.4. The quantitative estimate of drug-likeness (QED) is 0.360. The smallest absolute Gasteiger partial charge is 0.319 e. The summed E-state index contributed by atoms with van der Waals surface area (Å²) < 4.78 is 0. The average molecular weight is 521 g/mol. The topological polar surface area (TPSA) is 41.1 Å². The third-order valence-electron chi connectivity index (χ3n) is 12.5. The SMILES string of the molecule is CC[C@H]1CC2C3CC[C@H](CCCNC(=O)Nc4ccc(C(C)(C)C)cc4)C3(C)CC[C@@H]2C2(C)CCCCC12. The first-order chi connectivity index (χ1) is 18.1. The van der Waals surface area contributed by atoms with Gasteiger partial charge in [-0.2, -0.15) is 0 Å². The zero-order valence-electron chi connectivity index (χ0n) is 25.4. The number of amides is 2. The van der Waals surface area contributed by atoms with E-state index in [0.717, 1.165) is 54.2 Å². The van der Waals surface area contributed by atoms with Crippen molar-refractivity contribution in [2.75, 3.05) is 11.9 Å². The molecule has 0 bridgehead atoms. The number of rotatable bonds is 6. The number of carbonyl (C=O) groups excluding carboxylic acids is 1. The van der Waals surface area contributed by atoms with Crippen LogP contribution < -0.4 is 10.6 Å². The van der Waals surface area contributed by atoms with E-state index in [1.807, 2.05) is 12.1 Å². The molecule has 0 saturated heterocycles. The van der Waals surface area contributed by atoms with Gasteiger partial charge >= 0.3 is 6.03 Å². The van der Waals surface area contributed by atoms with Gasteiger partial charge in [0.05, 0.1) is 0 Å². The number of benzene rings is 1. The van der Waals surface area contributed by atoms with E-state index in [9.17, 15) is 4.79 Å². The second-order valence-electron chi connectivity index (χ2n) is 15.3. The summed E-state index contributed by atoms with van der Waals surface area (Å²) in [5.74, 6) is 5.69. The standard InChI is InChI=1S/C35H56N2O/c1-7-24-23-28-30-18-15-26(34(30,5)21-19-31(28)35(6)20-9-8-12-29(24)35)11-10-22-36-32(38)37-27-16-13-25(14-17-27)33(2,3)4/h13-14,16-17,24,26,28-31H,7-12,15,18-23H2,1-6H3,(H2,36,37,38)/t24-,26-,28?,29?,30?,31-,34?,35?/m0/s1. The number of hydrogen-bond acceptors (Lipinski definition) is 1. The summed E-state index contributed by atoms with van der Waals surface area (Å²) in [7, 11) is 0. The van der Waals surface area contributed by atoms with Gasteiger partial charge in [-0.15, -0.1) is 0 Å². The Morgan fingerprint density at radius 2 is 1.66 bits per heavy atom. The minimum Gasteiger partial charge on any atom is -0.338 e. The van der Waals surface area contributed by atoms with Crippen LogP contribution in [-0.4, -0.2) is 12.6 Å². The average Bonchev–Trinajstić information content (AvgIpc) is 3.22. The van der Waals surface area contributed by atoms with Crippen LogP contribution in [0.1, 0.15) is 124 Å². The van der Waals surface area contributed by atoms with Crippen molar-refractivity contribution < 1.29 is 4.79 Å². The maximum absolute atomic E-state index is 12.5. The molecule has 3 heteroatoms. The Kier molecular flexibility index (Phi) is 7.98. The molecule has 212 valence electrons. The maximum Gasteiger partial charge on any atom is 0.319 e. The molecule has 38 heavy (non-hydrogen) atoms. The fourth-order valence-electron chi connectivity index (χ4n) is 10.4. The van der Waals surface area contributed by atoms with E-state index in [1.54, 1.807) is 0 Å². The van der Waals surface area contributed by atoms with Crippen LogP contribution in [0.5, 0.6) is 0 Å². The van der Waals surface area contributed by atoms with Crippen LogP contribution in [0.4, 0.5) is 10.5 Å². The van der Waals surface area contributed by atoms with Crippen molar-refractivity contribution in [3.8, 4) is 0 Å². The molecule has 0 spiro atoms. The number of anilines is 1. The van der Waals surface area contributed by atoms with Crippen LogP contribution >= 0.6 is 0 Å². The van der Waals surface area contributed by atoms with E-state index in [-0.39, 0.29) is 11.4 Å². The Balaban J connectivity index is 1.13. The van der Waals surface area contributed by atoms with Crippen molar-refractivity contribution in [1.82, 2.24) is 5.32 Å². The van der Waals surface area contributed by atoms with Crippen LogP contribution in [0.2, 0.25) is 0 Å². The first-order valence-corrected chi connectivity index (χ1v) is 16.2. The lowest BCUT2D eigenvalue weighted by molar-refractivity contribution is -0.135. The molecule has 0 heterocycles. The Hall–Kier alpha value is -1.51. The molecule has 2 N–H and O–H groups in total. The van der Waals surface area contributed by atoms with Crippen LogP contribution in [0.3, 0.4) is 0 Å². The molecule has 0 radical (unpaired) electrons. The Labute approximate surface area is 233 Å². The molecule has 4 saturated carbocycles. The van der Waals surface area contributed by atoms with Crippen LogP contribution in [0.15, 0.2) is 24.3 Å². The number of urea groups is 1. The van der Waals surface area contributed by atoms with Crippen molar-refractivity contribution in [2.24, 2.45) is 46.3 Å². The lowest BCUT2D eigenvalue weighted by Crippen LogP contribution is -2.55. The van der Waals surface area contributed by atoms with Crippen LogP contribution in [-0.2, 0) is 5.41 Å². The molecule has 4 aliphatic carbocycles. The van der Waals surface area contributed by atoms with Crippen LogP contribution in [0, 0.1) is 46.3 Å². The van der Waals surface area contributed by atoms with Gasteiger partial charge in [0.1, 0.15) is 0 Å². The van der Waals surface area contributed by atoms with Gasteiger partial charge in [0, 0.05) is 12.2 Å². The fraction of sp³-hybridized carbons (Fsp3) is 0.800. The Morgan fingerprint density at radius 1 is 0.921 bits per heavy atom. The Bertz CT molecular complexity index is 963.